The highest BCUT2D eigenvalue weighted by atomic mass is 16.6. The van der Waals surface area contributed by atoms with Gasteiger partial charge in [0.25, 0.3) is 5.91 Å². The zero-order valence-corrected chi connectivity index (χ0v) is 25.9. The molecule has 228 valence electrons. The highest BCUT2D eigenvalue weighted by Gasteiger charge is 2.48. The quantitative estimate of drug-likeness (QED) is 0.258. The summed E-state index contributed by atoms with van der Waals surface area (Å²) in [6.45, 7) is 21.8. The number of ether oxygens (including phenoxy) is 2. The van der Waals surface area contributed by atoms with Gasteiger partial charge >= 0.3 is 6.09 Å². The van der Waals surface area contributed by atoms with E-state index in [1.807, 2.05) is 27.7 Å². The molecule has 0 saturated carbocycles. The number of carbonyl (C=O) groups is 5. The first-order chi connectivity index (χ1) is 18.2. The molecular formula is C29H50N4O7. The van der Waals surface area contributed by atoms with Gasteiger partial charge in [-0.25, -0.2) is 4.79 Å². The van der Waals surface area contributed by atoms with E-state index >= 15 is 0 Å². The summed E-state index contributed by atoms with van der Waals surface area (Å²) >= 11 is 0. The number of amides is 4. The Labute approximate surface area is 239 Å². The topological polar surface area (TPSA) is 143 Å². The van der Waals surface area contributed by atoms with Gasteiger partial charge in [0, 0.05) is 13.1 Å². The van der Waals surface area contributed by atoms with Crippen LogP contribution in [0.4, 0.5) is 4.79 Å². The Kier molecular flexibility index (Phi) is 12.4. The van der Waals surface area contributed by atoms with Crippen molar-refractivity contribution in [1.82, 2.24) is 20.9 Å². The number of nitrogens with one attached hydrogen (secondary N) is 3. The van der Waals surface area contributed by atoms with Crippen molar-refractivity contribution >= 4 is 29.6 Å². The number of Topliss-reactive ketones (excluding diaryl/α,β-unsaturated/α-hetero) is 1. The molecule has 11 nitrogen and oxygen atoms in total. The van der Waals surface area contributed by atoms with Crippen LogP contribution in [0.1, 0.15) is 88.5 Å². The summed E-state index contributed by atoms with van der Waals surface area (Å²) in [6, 6.07) is -3.17. The van der Waals surface area contributed by atoms with Crippen LogP contribution in [0.25, 0.3) is 0 Å². The Bertz CT molecular complexity index is 943. The lowest BCUT2D eigenvalue weighted by Gasteiger charge is -2.37. The predicted octanol–water partition coefficient (Wildman–Crippen LogP) is 2.87. The summed E-state index contributed by atoms with van der Waals surface area (Å²) in [5.41, 5.74) is -2.11. The molecule has 1 unspecified atom stereocenters. The zero-order chi connectivity index (χ0) is 31.1. The Morgan fingerprint density at radius 1 is 0.975 bits per heavy atom. The van der Waals surface area contributed by atoms with Gasteiger partial charge in [0.1, 0.15) is 17.7 Å². The number of ketones is 1. The van der Waals surface area contributed by atoms with Crippen LogP contribution in [0.15, 0.2) is 12.7 Å². The SMILES string of the molecule is C=CCNC(=O)C(=O)C(CCC)NC(=O)[C@@H]1[C@@H](OC(C)(C)C)CCN1C(=O)[C@@H](NC(=O)OC(C)(C)C)C(C)(C)C. The lowest BCUT2D eigenvalue weighted by molar-refractivity contribution is -0.149. The Balaban J connectivity index is 3.36. The molecule has 4 amide bonds. The van der Waals surface area contributed by atoms with Crippen LogP contribution in [0, 0.1) is 5.41 Å². The van der Waals surface area contributed by atoms with E-state index in [-0.39, 0.29) is 19.5 Å². The molecule has 0 aromatic heterocycles. The molecule has 1 aliphatic heterocycles. The van der Waals surface area contributed by atoms with Gasteiger partial charge in [0.2, 0.25) is 17.6 Å². The van der Waals surface area contributed by atoms with Crippen LogP contribution < -0.4 is 16.0 Å². The van der Waals surface area contributed by atoms with Crippen molar-refractivity contribution < 1.29 is 33.4 Å². The largest absolute Gasteiger partial charge is 0.444 e. The second-order valence-corrected chi connectivity index (χ2v) is 13.2. The number of hydrogen-bond donors (Lipinski definition) is 3. The van der Waals surface area contributed by atoms with Gasteiger partial charge in [-0.2, -0.15) is 0 Å². The fraction of sp³-hybridized carbons (Fsp3) is 0.759. The van der Waals surface area contributed by atoms with E-state index in [0.29, 0.717) is 12.8 Å². The van der Waals surface area contributed by atoms with E-state index in [4.69, 9.17) is 9.47 Å². The molecule has 3 N–H and O–H groups in total. The Morgan fingerprint density at radius 2 is 1.57 bits per heavy atom. The third-order valence-corrected chi connectivity index (χ3v) is 6.01. The van der Waals surface area contributed by atoms with Crippen LogP contribution in [0.3, 0.4) is 0 Å². The molecule has 0 spiro atoms. The first-order valence-electron chi connectivity index (χ1n) is 13.9. The van der Waals surface area contributed by atoms with Crippen molar-refractivity contribution in [2.45, 2.75) is 124 Å². The minimum atomic E-state index is -1.08. The Hall–Kier alpha value is -2.95. The molecule has 1 heterocycles. The molecule has 1 fully saturated rings. The van der Waals surface area contributed by atoms with Crippen molar-refractivity contribution in [1.29, 1.82) is 0 Å². The van der Waals surface area contributed by atoms with Gasteiger partial charge in [0.05, 0.1) is 17.7 Å². The third-order valence-electron chi connectivity index (χ3n) is 6.01. The van der Waals surface area contributed by atoms with Crippen LogP contribution in [0.2, 0.25) is 0 Å². The molecule has 0 aromatic carbocycles. The number of likely N-dealkylation sites (tertiary alicyclic amines) is 1. The van der Waals surface area contributed by atoms with E-state index in [2.05, 4.69) is 22.5 Å². The highest BCUT2D eigenvalue weighted by molar-refractivity contribution is 6.38. The van der Waals surface area contributed by atoms with E-state index in [0.717, 1.165) is 0 Å². The number of alkyl carbamates (subject to hydrolysis) is 1. The molecule has 0 radical (unpaired) electrons. The second kappa shape index (κ2) is 14.1. The van der Waals surface area contributed by atoms with E-state index in [1.165, 1.54) is 11.0 Å². The lowest BCUT2D eigenvalue weighted by atomic mass is 9.85. The summed E-state index contributed by atoms with van der Waals surface area (Å²) < 4.78 is 11.6. The smallest absolute Gasteiger partial charge is 0.408 e. The van der Waals surface area contributed by atoms with E-state index < -0.39 is 70.4 Å². The summed E-state index contributed by atoms with van der Waals surface area (Å²) in [5.74, 6) is -2.68. The number of hydrogen-bond acceptors (Lipinski definition) is 7. The highest BCUT2D eigenvalue weighted by Crippen LogP contribution is 2.30. The molecule has 11 heteroatoms. The normalized spacial score (nSPS) is 19.3. The van der Waals surface area contributed by atoms with Crippen molar-refractivity contribution in [2.75, 3.05) is 13.1 Å². The maximum atomic E-state index is 14.0. The fourth-order valence-electron chi connectivity index (χ4n) is 4.36. The molecule has 0 aromatic rings. The maximum absolute atomic E-state index is 14.0. The van der Waals surface area contributed by atoms with Crippen LogP contribution in [-0.2, 0) is 28.7 Å². The zero-order valence-electron chi connectivity index (χ0n) is 25.9. The fourth-order valence-corrected chi connectivity index (χ4v) is 4.36. The van der Waals surface area contributed by atoms with Gasteiger partial charge in [-0.1, -0.05) is 40.2 Å². The molecule has 40 heavy (non-hydrogen) atoms. The van der Waals surface area contributed by atoms with Gasteiger partial charge in [-0.3, -0.25) is 19.2 Å². The molecule has 1 rings (SSSR count). The monoisotopic (exact) mass is 566 g/mol. The van der Waals surface area contributed by atoms with Crippen LogP contribution in [-0.4, -0.2) is 83.0 Å². The van der Waals surface area contributed by atoms with Crippen molar-refractivity contribution in [2.24, 2.45) is 5.41 Å². The van der Waals surface area contributed by atoms with Gasteiger partial charge < -0.3 is 30.3 Å². The maximum Gasteiger partial charge on any atom is 0.408 e. The Morgan fingerprint density at radius 3 is 2.05 bits per heavy atom. The minimum Gasteiger partial charge on any atom is -0.444 e. The first kappa shape index (κ1) is 35.1. The summed E-state index contributed by atoms with van der Waals surface area (Å²) in [5, 5.41) is 7.84. The van der Waals surface area contributed by atoms with Gasteiger partial charge in [0.15, 0.2) is 0 Å². The predicted molar refractivity (Wildman–Crippen MR) is 152 cm³/mol. The molecule has 0 aliphatic carbocycles. The van der Waals surface area contributed by atoms with Crippen molar-refractivity contribution in [3.8, 4) is 0 Å². The average Bonchev–Trinajstić information content (AvgIpc) is 3.19. The summed E-state index contributed by atoms with van der Waals surface area (Å²) in [6.07, 6.45) is 1.18. The second-order valence-electron chi connectivity index (χ2n) is 13.2. The first-order valence-corrected chi connectivity index (χ1v) is 13.9. The van der Waals surface area contributed by atoms with Crippen LogP contribution >= 0.6 is 0 Å². The molecule has 4 atom stereocenters. The lowest BCUT2D eigenvalue weighted by Crippen LogP contribution is -2.61. The van der Waals surface area contributed by atoms with Crippen molar-refractivity contribution in [3.63, 3.8) is 0 Å². The summed E-state index contributed by atoms with van der Waals surface area (Å²) in [7, 11) is 0. The van der Waals surface area contributed by atoms with Crippen molar-refractivity contribution in [3.05, 3.63) is 12.7 Å². The summed E-state index contributed by atoms with van der Waals surface area (Å²) in [4.78, 5) is 67.0. The van der Waals surface area contributed by atoms with E-state index in [1.54, 1.807) is 41.5 Å². The van der Waals surface area contributed by atoms with E-state index in [9.17, 15) is 24.0 Å². The standard InChI is InChI=1S/C29H50N4O7/c1-12-14-18(21(34)24(36)30-16-13-2)31-23(35)20-19(39-28(6,7)8)15-17-33(20)25(37)22(27(3,4)5)32-26(38)40-29(9,10)11/h13,18-20,22H,2,12,14-17H2,1,3-11H3,(H,30,36)(H,31,35)(H,32,38)/t18?,19-,20-,22+/m0/s1. The number of carbonyl (C=O) groups excluding carboxylic acids is 5. The number of nitrogens with zero attached hydrogens (tertiary/aromatic N) is 1. The molecule has 0 bridgehead atoms. The molecular weight excluding hydrogens is 516 g/mol. The minimum absolute atomic E-state index is 0.114. The molecule has 1 aliphatic rings. The van der Waals surface area contributed by atoms with Gasteiger partial charge in [-0.05, 0) is 59.8 Å². The van der Waals surface area contributed by atoms with Gasteiger partial charge in [-0.15, -0.1) is 6.58 Å². The van der Waals surface area contributed by atoms with Crippen LogP contribution in [0.5, 0.6) is 0 Å². The average molecular weight is 567 g/mol. The third kappa shape index (κ3) is 10.9. The molecule has 1 saturated heterocycles. The number of rotatable bonds is 11.